The molecular weight excluding hydrogens is 224 g/mol. The lowest BCUT2D eigenvalue weighted by molar-refractivity contribution is 0.293. The van der Waals surface area contributed by atoms with Crippen molar-refractivity contribution in [3.63, 3.8) is 0 Å². The van der Waals surface area contributed by atoms with E-state index in [1.54, 1.807) is 0 Å². The molecule has 0 unspecified atom stereocenters. The normalized spacial score (nSPS) is 11.6. The smallest absolute Gasteiger partial charge is 0.213 e. The fourth-order valence-electron chi connectivity index (χ4n) is 1.52. The molecule has 1 heterocycles. The summed E-state index contributed by atoms with van der Waals surface area (Å²) < 4.78 is 5.64. The third-order valence-electron chi connectivity index (χ3n) is 2.58. The quantitative estimate of drug-likeness (QED) is 0.752. The van der Waals surface area contributed by atoms with Gasteiger partial charge in [0.05, 0.1) is 12.3 Å². The van der Waals surface area contributed by atoms with Crippen LogP contribution in [0.5, 0.6) is 5.88 Å². The van der Waals surface area contributed by atoms with Gasteiger partial charge in [-0.1, -0.05) is 25.8 Å². The lowest BCUT2D eigenvalue weighted by atomic mass is 10.1. The van der Waals surface area contributed by atoms with E-state index in [1.165, 1.54) is 12.8 Å². The fourth-order valence-corrected chi connectivity index (χ4v) is 1.52. The van der Waals surface area contributed by atoms with Crippen molar-refractivity contribution in [2.75, 3.05) is 6.61 Å². The van der Waals surface area contributed by atoms with Crippen LogP contribution in [0.2, 0.25) is 0 Å². The molecular formula is C15H26N2O. The van der Waals surface area contributed by atoms with Gasteiger partial charge in [0.2, 0.25) is 5.88 Å². The Bertz CT molecular complexity index is 345. The molecule has 1 aromatic rings. The highest BCUT2D eigenvalue weighted by Gasteiger charge is 2.09. The highest BCUT2D eigenvalue weighted by Crippen LogP contribution is 2.10. The minimum absolute atomic E-state index is 0.111. The van der Waals surface area contributed by atoms with Gasteiger partial charge in [0, 0.05) is 18.2 Å². The highest BCUT2D eigenvalue weighted by molar-refractivity contribution is 5.15. The molecule has 0 aliphatic carbocycles. The zero-order chi connectivity index (χ0) is 13.4. The second-order valence-electron chi connectivity index (χ2n) is 5.63. The molecule has 1 N–H and O–H groups in total. The van der Waals surface area contributed by atoms with Crippen LogP contribution >= 0.6 is 0 Å². The molecule has 0 amide bonds. The van der Waals surface area contributed by atoms with Gasteiger partial charge in [-0.25, -0.2) is 4.98 Å². The zero-order valence-corrected chi connectivity index (χ0v) is 12.1. The minimum atomic E-state index is 0.111. The Morgan fingerprint density at radius 2 is 2.00 bits per heavy atom. The van der Waals surface area contributed by atoms with Crippen LogP contribution in [0.15, 0.2) is 18.2 Å². The van der Waals surface area contributed by atoms with Crippen LogP contribution in [0.25, 0.3) is 0 Å². The van der Waals surface area contributed by atoms with Gasteiger partial charge in [-0.15, -0.1) is 0 Å². The Morgan fingerprint density at radius 3 is 2.67 bits per heavy atom. The molecule has 0 saturated carbocycles. The van der Waals surface area contributed by atoms with Crippen LogP contribution in [-0.2, 0) is 6.54 Å². The fraction of sp³-hybridized carbons (Fsp3) is 0.667. The van der Waals surface area contributed by atoms with E-state index in [0.717, 1.165) is 31.1 Å². The molecule has 0 spiro atoms. The molecule has 0 radical (unpaired) electrons. The van der Waals surface area contributed by atoms with Crippen molar-refractivity contribution in [3.05, 3.63) is 23.9 Å². The summed E-state index contributed by atoms with van der Waals surface area (Å²) in [4.78, 5) is 4.49. The first-order chi connectivity index (χ1) is 8.51. The predicted octanol–water partition coefficient (Wildman–Crippen LogP) is 3.54. The number of unbranched alkanes of at least 4 members (excludes halogenated alkanes) is 2. The number of ether oxygens (including phenoxy) is 1. The molecule has 0 saturated heterocycles. The molecule has 1 rings (SSSR count). The number of hydrogen-bond acceptors (Lipinski definition) is 3. The molecule has 18 heavy (non-hydrogen) atoms. The Hall–Kier alpha value is -1.09. The first-order valence-electron chi connectivity index (χ1n) is 6.85. The predicted molar refractivity (Wildman–Crippen MR) is 75.8 cm³/mol. The molecule has 3 heteroatoms. The van der Waals surface area contributed by atoms with Crippen molar-refractivity contribution in [2.24, 2.45) is 0 Å². The number of rotatable bonds is 7. The van der Waals surface area contributed by atoms with Crippen molar-refractivity contribution in [2.45, 2.75) is 59.0 Å². The van der Waals surface area contributed by atoms with E-state index in [9.17, 15) is 0 Å². The Labute approximate surface area is 111 Å². The lowest BCUT2D eigenvalue weighted by Crippen LogP contribution is -2.35. The number of aromatic nitrogens is 1. The summed E-state index contributed by atoms with van der Waals surface area (Å²) in [5.41, 5.74) is 1.14. The van der Waals surface area contributed by atoms with Crippen LogP contribution in [0.4, 0.5) is 0 Å². The standard InChI is InChI=1S/C15H26N2O/c1-5-6-7-11-18-14-10-8-9-13(17-14)12-16-15(2,3)4/h8-10,16H,5-7,11-12H2,1-4H3. The van der Waals surface area contributed by atoms with Crippen molar-refractivity contribution < 1.29 is 4.74 Å². The minimum Gasteiger partial charge on any atom is -0.478 e. The molecule has 0 aromatic carbocycles. The lowest BCUT2D eigenvalue weighted by Gasteiger charge is -2.20. The van der Waals surface area contributed by atoms with Crippen LogP contribution < -0.4 is 10.1 Å². The summed E-state index contributed by atoms with van der Waals surface area (Å²) in [6, 6.07) is 5.95. The number of nitrogens with one attached hydrogen (secondary N) is 1. The maximum Gasteiger partial charge on any atom is 0.213 e. The van der Waals surface area contributed by atoms with Gasteiger partial charge in [0.25, 0.3) is 0 Å². The first kappa shape index (κ1) is 15.0. The molecule has 1 aromatic heterocycles. The van der Waals surface area contributed by atoms with E-state index < -0.39 is 0 Å². The maximum atomic E-state index is 5.64. The third-order valence-corrected chi connectivity index (χ3v) is 2.58. The topological polar surface area (TPSA) is 34.1 Å². The van der Waals surface area contributed by atoms with Crippen LogP contribution in [-0.4, -0.2) is 17.1 Å². The largest absolute Gasteiger partial charge is 0.478 e. The highest BCUT2D eigenvalue weighted by atomic mass is 16.5. The summed E-state index contributed by atoms with van der Waals surface area (Å²) in [6.45, 7) is 10.2. The molecule has 0 atom stereocenters. The van der Waals surface area contributed by atoms with Crippen molar-refractivity contribution in [1.29, 1.82) is 0 Å². The van der Waals surface area contributed by atoms with E-state index in [4.69, 9.17) is 4.74 Å². The van der Waals surface area contributed by atoms with Gasteiger partial charge in [-0.2, -0.15) is 0 Å². The van der Waals surface area contributed by atoms with Crippen molar-refractivity contribution in [1.82, 2.24) is 10.3 Å². The molecule has 3 nitrogen and oxygen atoms in total. The molecule has 102 valence electrons. The van der Waals surface area contributed by atoms with Crippen LogP contribution in [0.1, 0.15) is 52.7 Å². The molecule has 0 fully saturated rings. The van der Waals surface area contributed by atoms with E-state index in [1.807, 2.05) is 18.2 Å². The summed E-state index contributed by atoms with van der Waals surface area (Å²) in [5.74, 6) is 0.735. The van der Waals surface area contributed by atoms with Gasteiger partial charge < -0.3 is 10.1 Å². The number of hydrogen-bond donors (Lipinski definition) is 1. The second kappa shape index (κ2) is 7.37. The molecule has 0 bridgehead atoms. The zero-order valence-electron chi connectivity index (χ0n) is 12.1. The Morgan fingerprint density at radius 1 is 1.22 bits per heavy atom. The summed E-state index contributed by atoms with van der Waals surface area (Å²) in [5, 5.41) is 3.42. The number of pyridine rings is 1. The summed E-state index contributed by atoms with van der Waals surface area (Å²) in [6.07, 6.45) is 3.53. The first-order valence-corrected chi connectivity index (χ1v) is 6.85. The average molecular weight is 250 g/mol. The van der Waals surface area contributed by atoms with Gasteiger partial charge in [-0.05, 0) is 33.3 Å². The molecule has 0 aliphatic rings. The SMILES string of the molecule is CCCCCOc1cccc(CNC(C)(C)C)n1. The summed E-state index contributed by atoms with van der Waals surface area (Å²) >= 11 is 0. The van der Waals surface area contributed by atoms with E-state index in [2.05, 4.69) is 38.0 Å². The van der Waals surface area contributed by atoms with Gasteiger partial charge in [-0.3, -0.25) is 0 Å². The second-order valence-corrected chi connectivity index (χ2v) is 5.63. The van der Waals surface area contributed by atoms with Crippen molar-refractivity contribution in [3.8, 4) is 5.88 Å². The summed E-state index contributed by atoms with van der Waals surface area (Å²) in [7, 11) is 0. The average Bonchev–Trinajstić information content (AvgIpc) is 2.32. The van der Waals surface area contributed by atoms with E-state index >= 15 is 0 Å². The van der Waals surface area contributed by atoms with Crippen molar-refractivity contribution >= 4 is 0 Å². The Kier molecular flexibility index (Phi) is 6.13. The number of nitrogens with zero attached hydrogens (tertiary/aromatic N) is 1. The van der Waals surface area contributed by atoms with E-state index in [0.29, 0.717) is 0 Å². The van der Waals surface area contributed by atoms with Gasteiger partial charge >= 0.3 is 0 Å². The Balaban J connectivity index is 2.41. The molecule has 0 aliphatic heterocycles. The van der Waals surface area contributed by atoms with Crippen LogP contribution in [0, 0.1) is 0 Å². The van der Waals surface area contributed by atoms with Gasteiger partial charge in [0.1, 0.15) is 0 Å². The monoisotopic (exact) mass is 250 g/mol. The maximum absolute atomic E-state index is 5.64. The van der Waals surface area contributed by atoms with Crippen LogP contribution in [0.3, 0.4) is 0 Å². The third kappa shape index (κ3) is 6.60. The van der Waals surface area contributed by atoms with E-state index in [-0.39, 0.29) is 5.54 Å². The van der Waals surface area contributed by atoms with Gasteiger partial charge in [0.15, 0.2) is 0 Å².